The van der Waals surface area contributed by atoms with Crippen LogP contribution < -0.4 is 14.8 Å². The molecule has 3 nitrogen and oxygen atoms in total. The van der Waals surface area contributed by atoms with Crippen LogP contribution in [0.25, 0.3) is 0 Å². The van der Waals surface area contributed by atoms with Crippen LogP contribution in [0.2, 0.25) is 0 Å². The van der Waals surface area contributed by atoms with Gasteiger partial charge in [-0.2, -0.15) is 0 Å². The van der Waals surface area contributed by atoms with Gasteiger partial charge < -0.3 is 14.8 Å². The number of hydrogen-bond acceptors (Lipinski definition) is 3. The fourth-order valence-electron chi connectivity index (χ4n) is 1.78. The van der Waals surface area contributed by atoms with E-state index in [2.05, 4.69) is 25.2 Å². The molecule has 18 heavy (non-hydrogen) atoms. The van der Waals surface area contributed by atoms with Crippen LogP contribution in [0.3, 0.4) is 0 Å². The topological polar surface area (TPSA) is 30.5 Å². The molecule has 3 heteroatoms. The first-order valence-corrected chi connectivity index (χ1v) is 6.68. The minimum absolute atomic E-state index is 0.652. The van der Waals surface area contributed by atoms with E-state index < -0.39 is 0 Å². The van der Waals surface area contributed by atoms with Crippen LogP contribution in [0.15, 0.2) is 18.2 Å². The molecule has 0 heterocycles. The second-order valence-electron chi connectivity index (χ2n) is 4.74. The minimum atomic E-state index is 0.652. The van der Waals surface area contributed by atoms with Crippen LogP contribution in [0, 0.1) is 5.92 Å². The summed E-state index contributed by atoms with van der Waals surface area (Å²) in [6, 6.07) is 6.01. The molecule has 0 radical (unpaired) electrons. The molecule has 0 spiro atoms. The average Bonchev–Trinajstić information content (AvgIpc) is 2.36. The Morgan fingerprint density at radius 1 is 1.28 bits per heavy atom. The zero-order valence-corrected chi connectivity index (χ0v) is 12.0. The summed E-state index contributed by atoms with van der Waals surface area (Å²) in [5.41, 5.74) is 1.15. The van der Waals surface area contributed by atoms with Crippen molar-refractivity contribution in [3.63, 3.8) is 0 Å². The SMILES string of the molecule is CCOc1c(CNCCC(C)C)cccc1OC. The maximum atomic E-state index is 5.67. The Labute approximate surface area is 110 Å². The van der Waals surface area contributed by atoms with Crippen molar-refractivity contribution in [2.24, 2.45) is 5.92 Å². The molecule has 0 aliphatic heterocycles. The van der Waals surface area contributed by atoms with Gasteiger partial charge in [0.05, 0.1) is 13.7 Å². The number of hydrogen-bond donors (Lipinski definition) is 1. The second-order valence-corrected chi connectivity index (χ2v) is 4.74. The Balaban J connectivity index is 2.63. The summed E-state index contributed by atoms with van der Waals surface area (Å²) < 4.78 is 11.0. The zero-order valence-electron chi connectivity index (χ0n) is 12.0. The van der Waals surface area contributed by atoms with Gasteiger partial charge in [-0.05, 0) is 31.9 Å². The molecule has 1 rings (SSSR count). The highest BCUT2D eigenvalue weighted by Gasteiger charge is 2.09. The molecule has 0 aliphatic rings. The maximum absolute atomic E-state index is 5.67. The van der Waals surface area contributed by atoms with Crippen LogP contribution >= 0.6 is 0 Å². The molecule has 0 amide bonds. The summed E-state index contributed by atoms with van der Waals surface area (Å²) in [5, 5.41) is 3.45. The first-order chi connectivity index (χ1) is 8.69. The van der Waals surface area contributed by atoms with Gasteiger partial charge in [-0.15, -0.1) is 0 Å². The number of para-hydroxylation sites is 1. The van der Waals surface area contributed by atoms with Gasteiger partial charge in [-0.3, -0.25) is 0 Å². The van der Waals surface area contributed by atoms with Gasteiger partial charge in [-0.1, -0.05) is 26.0 Å². The monoisotopic (exact) mass is 251 g/mol. The van der Waals surface area contributed by atoms with E-state index in [1.165, 1.54) is 6.42 Å². The van der Waals surface area contributed by atoms with Crippen LogP contribution in [0.5, 0.6) is 11.5 Å². The molecule has 1 aromatic rings. The van der Waals surface area contributed by atoms with Crippen molar-refractivity contribution in [3.8, 4) is 11.5 Å². The van der Waals surface area contributed by atoms with Crippen molar-refractivity contribution < 1.29 is 9.47 Å². The summed E-state index contributed by atoms with van der Waals surface area (Å²) in [4.78, 5) is 0. The van der Waals surface area contributed by atoms with E-state index in [0.717, 1.165) is 36.1 Å². The first-order valence-electron chi connectivity index (χ1n) is 6.68. The number of ether oxygens (including phenoxy) is 2. The Morgan fingerprint density at radius 3 is 2.67 bits per heavy atom. The largest absolute Gasteiger partial charge is 0.493 e. The average molecular weight is 251 g/mol. The molecule has 0 saturated heterocycles. The number of rotatable bonds is 8. The lowest BCUT2D eigenvalue weighted by molar-refractivity contribution is 0.306. The van der Waals surface area contributed by atoms with Crippen LogP contribution in [0.4, 0.5) is 0 Å². The molecule has 0 aromatic heterocycles. The fourth-order valence-corrected chi connectivity index (χ4v) is 1.78. The van der Waals surface area contributed by atoms with Crippen molar-refractivity contribution >= 4 is 0 Å². The predicted octanol–water partition coefficient (Wildman–Crippen LogP) is 3.23. The molecule has 0 unspecified atom stereocenters. The van der Waals surface area contributed by atoms with Gasteiger partial charge in [0.25, 0.3) is 0 Å². The Hall–Kier alpha value is -1.22. The van der Waals surface area contributed by atoms with Gasteiger partial charge in [0.1, 0.15) is 0 Å². The molecule has 0 aliphatic carbocycles. The molecule has 1 N–H and O–H groups in total. The zero-order chi connectivity index (χ0) is 13.4. The Bertz CT molecular complexity index is 350. The summed E-state index contributed by atoms with van der Waals surface area (Å²) >= 11 is 0. The molecule has 0 atom stereocenters. The minimum Gasteiger partial charge on any atom is -0.493 e. The molecular formula is C15H25NO2. The molecular weight excluding hydrogens is 226 g/mol. The standard InChI is InChI=1S/C15H25NO2/c1-5-18-15-13(7-6-8-14(15)17-4)11-16-10-9-12(2)3/h6-8,12,16H,5,9-11H2,1-4H3. The number of methoxy groups -OCH3 is 1. The first kappa shape index (κ1) is 14.8. The van der Waals surface area contributed by atoms with Gasteiger partial charge in [0.15, 0.2) is 11.5 Å². The van der Waals surface area contributed by atoms with E-state index in [0.29, 0.717) is 6.61 Å². The summed E-state index contributed by atoms with van der Waals surface area (Å²) in [6.45, 7) is 8.96. The quantitative estimate of drug-likeness (QED) is 0.720. The van der Waals surface area contributed by atoms with E-state index in [1.54, 1.807) is 7.11 Å². The maximum Gasteiger partial charge on any atom is 0.165 e. The lowest BCUT2D eigenvalue weighted by Crippen LogP contribution is -2.17. The van der Waals surface area contributed by atoms with Crippen molar-refractivity contribution in [3.05, 3.63) is 23.8 Å². The van der Waals surface area contributed by atoms with Crippen molar-refractivity contribution in [1.82, 2.24) is 5.32 Å². The van der Waals surface area contributed by atoms with Gasteiger partial charge in [0, 0.05) is 12.1 Å². The van der Waals surface area contributed by atoms with Gasteiger partial charge >= 0.3 is 0 Å². The molecule has 1 aromatic carbocycles. The highest BCUT2D eigenvalue weighted by molar-refractivity contribution is 5.46. The van der Waals surface area contributed by atoms with E-state index in [1.807, 2.05) is 19.1 Å². The summed E-state index contributed by atoms with van der Waals surface area (Å²) in [5.74, 6) is 2.40. The lowest BCUT2D eigenvalue weighted by Gasteiger charge is -2.14. The summed E-state index contributed by atoms with van der Waals surface area (Å²) in [7, 11) is 1.67. The number of benzene rings is 1. The third-order valence-corrected chi connectivity index (χ3v) is 2.78. The molecule has 0 bridgehead atoms. The van der Waals surface area contributed by atoms with Crippen LogP contribution in [-0.2, 0) is 6.54 Å². The predicted molar refractivity (Wildman–Crippen MR) is 75.3 cm³/mol. The van der Waals surface area contributed by atoms with Crippen molar-refractivity contribution in [2.45, 2.75) is 33.7 Å². The third-order valence-electron chi connectivity index (χ3n) is 2.78. The highest BCUT2D eigenvalue weighted by atomic mass is 16.5. The van der Waals surface area contributed by atoms with Crippen LogP contribution in [-0.4, -0.2) is 20.3 Å². The van der Waals surface area contributed by atoms with E-state index >= 15 is 0 Å². The molecule has 102 valence electrons. The van der Waals surface area contributed by atoms with Crippen LogP contribution in [0.1, 0.15) is 32.8 Å². The van der Waals surface area contributed by atoms with Crippen molar-refractivity contribution in [1.29, 1.82) is 0 Å². The van der Waals surface area contributed by atoms with Gasteiger partial charge in [0.2, 0.25) is 0 Å². The van der Waals surface area contributed by atoms with E-state index in [9.17, 15) is 0 Å². The third kappa shape index (κ3) is 4.57. The molecule has 0 fully saturated rings. The molecule has 0 saturated carbocycles. The Kier molecular flexibility index (Phi) is 6.58. The number of nitrogens with one attached hydrogen (secondary N) is 1. The second kappa shape index (κ2) is 7.98. The van der Waals surface area contributed by atoms with E-state index in [-0.39, 0.29) is 0 Å². The smallest absolute Gasteiger partial charge is 0.165 e. The van der Waals surface area contributed by atoms with Gasteiger partial charge in [-0.25, -0.2) is 0 Å². The highest BCUT2D eigenvalue weighted by Crippen LogP contribution is 2.30. The van der Waals surface area contributed by atoms with E-state index in [4.69, 9.17) is 9.47 Å². The lowest BCUT2D eigenvalue weighted by atomic mass is 10.1. The normalized spacial score (nSPS) is 10.7. The Morgan fingerprint density at radius 2 is 2.06 bits per heavy atom. The summed E-state index contributed by atoms with van der Waals surface area (Å²) in [6.07, 6.45) is 1.19. The van der Waals surface area contributed by atoms with Crippen molar-refractivity contribution in [2.75, 3.05) is 20.3 Å². The fraction of sp³-hybridized carbons (Fsp3) is 0.600.